The fourth-order valence-corrected chi connectivity index (χ4v) is 5.41. The standard InChI is InChI=1S/C37H37F3N4O2/c1-42(2)32-18-12-28(13-19-32)25-43(23-21-30-24-41-34-11-7-6-10-33(30)34)35(45)26-44(22-20-27-8-4-3-5-9-27)36(46)29-14-16-31(17-15-29)37(38,39)40/h3-19,24,41H,20-23,25-26H2,1-2H3. The Balaban J connectivity index is 1.39. The first-order chi connectivity index (χ1) is 22.1. The van der Waals surface area contributed by atoms with Crippen LogP contribution in [0.3, 0.4) is 0 Å². The molecule has 1 aromatic heterocycles. The van der Waals surface area contributed by atoms with Gasteiger partial charge >= 0.3 is 6.18 Å². The molecule has 0 aliphatic heterocycles. The average molecular weight is 627 g/mol. The van der Waals surface area contributed by atoms with Crippen molar-refractivity contribution >= 4 is 28.4 Å². The third-order valence-corrected chi connectivity index (χ3v) is 8.09. The van der Waals surface area contributed by atoms with Crippen molar-refractivity contribution in [2.75, 3.05) is 38.6 Å². The van der Waals surface area contributed by atoms with Gasteiger partial charge in [-0.1, -0.05) is 60.7 Å². The van der Waals surface area contributed by atoms with Gasteiger partial charge in [0.15, 0.2) is 0 Å². The number of carbonyl (C=O) groups is 2. The van der Waals surface area contributed by atoms with Crippen molar-refractivity contribution in [1.82, 2.24) is 14.8 Å². The summed E-state index contributed by atoms with van der Waals surface area (Å²) in [6.07, 6.45) is -1.47. The highest BCUT2D eigenvalue weighted by molar-refractivity contribution is 5.96. The van der Waals surface area contributed by atoms with Crippen molar-refractivity contribution < 1.29 is 22.8 Å². The lowest BCUT2D eigenvalue weighted by atomic mass is 10.1. The van der Waals surface area contributed by atoms with Gasteiger partial charge in [0.25, 0.3) is 5.91 Å². The van der Waals surface area contributed by atoms with Gasteiger partial charge in [0.1, 0.15) is 6.54 Å². The molecule has 4 aromatic carbocycles. The van der Waals surface area contributed by atoms with E-state index in [-0.39, 0.29) is 24.6 Å². The van der Waals surface area contributed by atoms with Crippen LogP contribution in [0.2, 0.25) is 0 Å². The number of carbonyl (C=O) groups excluding carboxylic acids is 2. The highest BCUT2D eigenvalue weighted by Crippen LogP contribution is 2.29. The number of aromatic nitrogens is 1. The zero-order valence-electron chi connectivity index (χ0n) is 25.9. The maximum absolute atomic E-state index is 14.1. The zero-order valence-corrected chi connectivity index (χ0v) is 25.9. The molecule has 6 nitrogen and oxygen atoms in total. The van der Waals surface area contributed by atoms with E-state index in [1.54, 1.807) is 4.90 Å². The molecule has 0 spiro atoms. The Morgan fingerprint density at radius 2 is 1.37 bits per heavy atom. The van der Waals surface area contributed by atoms with E-state index < -0.39 is 17.6 Å². The van der Waals surface area contributed by atoms with Gasteiger partial charge in [0, 0.05) is 62.1 Å². The van der Waals surface area contributed by atoms with Crippen molar-refractivity contribution in [3.05, 3.63) is 137 Å². The predicted molar refractivity (Wildman–Crippen MR) is 176 cm³/mol. The van der Waals surface area contributed by atoms with Crippen LogP contribution >= 0.6 is 0 Å². The number of halogens is 3. The molecule has 5 aromatic rings. The summed E-state index contributed by atoms with van der Waals surface area (Å²) in [5, 5.41) is 1.09. The summed E-state index contributed by atoms with van der Waals surface area (Å²) < 4.78 is 39.6. The molecule has 2 amide bonds. The zero-order chi connectivity index (χ0) is 32.7. The predicted octanol–water partition coefficient (Wildman–Crippen LogP) is 7.21. The second kappa shape index (κ2) is 14.4. The van der Waals surface area contributed by atoms with Crippen LogP contribution in [0.4, 0.5) is 18.9 Å². The summed E-state index contributed by atoms with van der Waals surface area (Å²) >= 11 is 0. The van der Waals surface area contributed by atoms with Crippen molar-refractivity contribution in [3.8, 4) is 0 Å². The number of hydrogen-bond acceptors (Lipinski definition) is 3. The largest absolute Gasteiger partial charge is 0.416 e. The number of H-pyrrole nitrogens is 1. The Bertz CT molecular complexity index is 1750. The highest BCUT2D eigenvalue weighted by atomic mass is 19.4. The second-order valence-electron chi connectivity index (χ2n) is 11.5. The van der Waals surface area contributed by atoms with Crippen molar-refractivity contribution in [2.45, 2.75) is 25.6 Å². The van der Waals surface area contributed by atoms with Gasteiger partial charge in [0.2, 0.25) is 5.91 Å². The number of anilines is 1. The summed E-state index contributed by atoms with van der Waals surface area (Å²) in [5.41, 5.74) is 4.33. The average Bonchev–Trinajstić information content (AvgIpc) is 3.48. The van der Waals surface area contributed by atoms with E-state index in [1.807, 2.05) is 104 Å². The number of nitrogens with one attached hydrogen (secondary N) is 1. The van der Waals surface area contributed by atoms with E-state index in [0.29, 0.717) is 25.9 Å². The van der Waals surface area contributed by atoms with E-state index in [9.17, 15) is 22.8 Å². The fraction of sp³-hybridized carbons (Fsp3) is 0.243. The Kier molecular flexibility index (Phi) is 10.1. The van der Waals surface area contributed by atoms with Gasteiger partial charge in [0.05, 0.1) is 5.56 Å². The molecule has 0 fully saturated rings. The third-order valence-electron chi connectivity index (χ3n) is 8.09. The topological polar surface area (TPSA) is 59.7 Å². The molecule has 0 unspecified atom stereocenters. The summed E-state index contributed by atoms with van der Waals surface area (Å²) in [7, 11) is 3.92. The van der Waals surface area contributed by atoms with E-state index in [4.69, 9.17) is 0 Å². The normalized spacial score (nSPS) is 11.4. The van der Waals surface area contributed by atoms with Gasteiger partial charge in [-0.15, -0.1) is 0 Å². The number of para-hydroxylation sites is 1. The van der Waals surface area contributed by atoms with Gasteiger partial charge in [-0.2, -0.15) is 13.2 Å². The SMILES string of the molecule is CN(C)c1ccc(CN(CCc2c[nH]c3ccccc23)C(=O)CN(CCc2ccccc2)C(=O)c2ccc(C(F)(F)F)cc2)cc1. The van der Waals surface area contributed by atoms with E-state index in [1.165, 1.54) is 17.0 Å². The second-order valence-corrected chi connectivity index (χ2v) is 11.5. The monoisotopic (exact) mass is 626 g/mol. The number of alkyl halides is 3. The molecule has 0 radical (unpaired) electrons. The van der Waals surface area contributed by atoms with Crippen molar-refractivity contribution in [1.29, 1.82) is 0 Å². The van der Waals surface area contributed by atoms with Crippen LogP contribution in [-0.4, -0.2) is 60.3 Å². The Morgan fingerprint density at radius 1 is 0.717 bits per heavy atom. The first-order valence-corrected chi connectivity index (χ1v) is 15.2. The van der Waals surface area contributed by atoms with Crippen LogP contribution in [0, 0.1) is 0 Å². The first-order valence-electron chi connectivity index (χ1n) is 15.2. The number of hydrogen-bond donors (Lipinski definition) is 1. The van der Waals surface area contributed by atoms with Gasteiger partial charge in [-0.25, -0.2) is 0 Å². The lowest BCUT2D eigenvalue weighted by Gasteiger charge is -2.28. The summed E-state index contributed by atoms with van der Waals surface area (Å²) in [6.45, 7) is 0.771. The third kappa shape index (κ3) is 8.15. The Labute approximate surface area is 267 Å². The molecule has 5 rings (SSSR count). The fourth-order valence-electron chi connectivity index (χ4n) is 5.41. The minimum atomic E-state index is -4.51. The number of fused-ring (bicyclic) bond motifs is 1. The number of amides is 2. The summed E-state index contributed by atoms with van der Waals surface area (Å²) in [6, 6.07) is 29.7. The molecule has 46 heavy (non-hydrogen) atoms. The van der Waals surface area contributed by atoms with Gasteiger partial charge < -0.3 is 19.7 Å². The maximum atomic E-state index is 14.1. The quantitative estimate of drug-likeness (QED) is 0.159. The molecule has 0 bridgehead atoms. The highest BCUT2D eigenvalue weighted by Gasteiger charge is 2.31. The minimum Gasteiger partial charge on any atom is -0.378 e. The lowest BCUT2D eigenvalue weighted by molar-refractivity contribution is -0.137. The molecule has 0 aliphatic rings. The van der Waals surface area contributed by atoms with Crippen LogP contribution in [-0.2, 0) is 30.4 Å². The number of rotatable bonds is 12. The smallest absolute Gasteiger partial charge is 0.378 e. The van der Waals surface area contributed by atoms with E-state index in [2.05, 4.69) is 4.98 Å². The molecule has 0 saturated heterocycles. The molecule has 0 saturated carbocycles. The molecule has 0 aliphatic carbocycles. The van der Waals surface area contributed by atoms with Gasteiger partial charge in [-0.05, 0) is 72.0 Å². The van der Waals surface area contributed by atoms with Gasteiger partial charge in [-0.3, -0.25) is 9.59 Å². The molecular weight excluding hydrogens is 589 g/mol. The van der Waals surface area contributed by atoms with Crippen LogP contribution in [0.1, 0.15) is 32.6 Å². The lowest BCUT2D eigenvalue weighted by Crippen LogP contribution is -2.44. The minimum absolute atomic E-state index is 0.0958. The summed E-state index contributed by atoms with van der Waals surface area (Å²) in [5.74, 6) is -0.741. The van der Waals surface area contributed by atoms with Crippen LogP contribution in [0.5, 0.6) is 0 Å². The van der Waals surface area contributed by atoms with Crippen molar-refractivity contribution in [2.24, 2.45) is 0 Å². The first kappa shape index (κ1) is 32.3. The van der Waals surface area contributed by atoms with Crippen LogP contribution in [0.15, 0.2) is 109 Å². The van der Waals surface area contributed by atoms with Crippen LogP contribution in [0.25, 0.3) is 10.9 Å². The molecule has 0 atom stereocenters. The molecular formula is C37H37F3N4O2. The van der Waals surface area contributed by atoms with Crippen LogP contribution < -0.4 is 4.90 Å². The number of nitrogens with zero attached hydrogens (tertiary/aromatic N) is 3. The van der Waals surface area contributed by atoms with E-state index >= 15 is 0 Å². The number of benzene rings is 4. The van der Waals surface area contributed by atoms with Crippen molar-refractivity contribution in [3.63, 3.8) is 0 Å². The molecule has 9 heteroatoms. The molecule has 1 N–H and O–H groups in total. The Morgan fingerprint density at radius 3 is 2.04 bits per heavy atom. The molecule has 238 valence electrons. The number of aromatic amines is 1. The van der Waals surface area contributed by atoms with E-state index in [0.717, 1.165) is 45.4 Å². The molecule has 1 heterocycles. The maximum Gasteiger partial charge on any atom is 0.416 e. The Hall–Kier alpha value is -5.05. The summed E-state index contributed by atoms with van der Waals surface area (Å²) in [4.78, 5) is 36.2.